The maximum absolute atomic E-state index is 11.4. The van der Waals surface area contributed by atoms with Crippen molar-refractivity contribution in [2.75, 3.05) is 13.1 Å². The zero-order valence-electron chi connectivity index (χ0n) is 10.8. The highest BCUT2D eigenvalue weighted by Crippen LogP contribution is 2.49. The molecule has 4 rings (SSSR count). The number of hydrogen-bond acceptors (Lipinski definition) is 7. The maximum atomic E-state index is 11.4. The monoisotopic (exact) mass is 276 g/mol. The van der Waals surface area contributed by atoms with Crippen LogP contribution in [0.4, 0.5) is 0 Å². The van der Waals surface area contributed by atoms with Crippen molar-refractivity contribution in [1.82, 2.24) is 10.1 Å². The van der Waals surface area contributed by atoms with E-state index in [0.29, 0.717) is 12.3 Å². The molecule has 104 valence electrons. The van der Waals surface area contributed by atoms with E-state index in [1.165, 1.54) is 0 Å². The van der Waals surface area contributed by atoms with Gasteiger partial charge in [0.05, 0.1) is 5.69 Å². The average molecular weight is 276 g/mol. The van der Waals surface area contributed by atoms with Crippen molar-refractivity contribution in [1.29, 1.82) is 0 Å². The van der Waals surface area contributed by atoms with E-state index in [1.807, 2.05) is 11.8 Å². The summed E-state index contributed by atoms with van der Waals surface area (Å²) in [5.74, 6) is -2.50. The molecule has 3 aliphatic rings. The van der Waals surface area contributed by atoms with Gasteiger partial charge in [-0.25, -0.2) is 14.5 Å². The molecular formula is C13H12N2O5. The van der Waals surface area contributed by atoms with Crippen LogP contribution in [0.2, 0.25) is 0 Å². The van der Waals surface area contributed by atoms with E-state index in [1.54, 1.807) is 12.1 Å². The molecule has 3 saturated heterocycles. The third-order valence-electron chi connectivity index (χ3n) is 3.98. The third-order valence-corrected chi connectivity index (χ3v) is 3.98. The minimum absolute atomic E-state index is 0.194. The number of ether oxygens (including phenoxy) is 2. The normalized spacial score (nSPS) is 32.1. The molecule has 0 aromatic carbocycles. The fourth-order valence-electron chi connectivity index (χ4n) is 3.14. The van der Waals surface area contributed by atoms with Gasteiger partial charge in [-0.2, -0.15) is 0 Å². The average Bonchev–Trinajstić information content (AvgIpc) is 3.11. The summed E-state index contributed by atoms with van der Waals surface area (Å²) < 4.78 is 15.6. The van der Waals surface area contributed by atoms with Crippen LogP contribution >= 0.6 is 0 Å². The van der Waals surface area contributed by atoms with E-state index in [-0.39, 0.29) is 5.92 Å². The van der Waals surface area contributed by atoms with Crippen LogP contribution in [0.1, 0.15) is 17.9 Å². The van der Waals surface area contributed by atoms with Crippen LogP contribution in [0.5, 0.6) is 0 Å². The van der Waals surface area contributed by atoms with Crippen LogP contribution in [0.15, 0.2) is 16.2 Å². The standard InChI is InChI=1S/C13H12N2O5/c1-7-4-9(20-14-7)5-10-8-2-3-15(6-8)13(10)18-11(16)12(17)19-13/h4-5,8H,2-3,6H2,1H3/b10-5+. The smallest absolute Gasteiger partial charge is 0.396 e. The van der Waals surface area contributed by atoms with Crippen LogP contribution in [-0.4, -0.2) is 41.0 Å². The van der Waals surface area contributed by atoms with E-state index in [0.717, 1.165) is 24.2 Å². The minimum Gasteiger partial charge on any atom is -0.396 e. The molecule has 20 heavy (non-hydrogen) atoms. The highest BCUT2D eigenvalue weighted by Gasteiger charge is 2.64. The molecule has 4 heterocycles. The van der Waals surface area contributed by atoms with Gasteiger partial charge in [0.2, 0.25) is 0 Å². The maximum Gasteiger partial charge on any atom is 0.422 e. The number of piperidine rings is 1. The highest BCUT2D eigenvalue weighted by molar-refractivity contribution is 6.31. The highest BCUT2D eigenvalue weighted by atomic mass is 16.8. The molecule has 3 aliphatic heterocycles. The molecule has 3 fully saturated rings. The van der Waals surface area contributed by atoms with Crippen molar-refractivity contribution in [3.8, 4) is 0 Å². The fraction of sp³-hybridized carbons (Fsp3) is 0.462. The Balaban J connectivity index is 1.79. The van der Waals surface area contributed by atoms with E-state index in [9.17, 15) is 9.59 Å². The molecule has 2 unspecified atom stereocenters. The van der Waals surface area contributed by atoms with Gasteiger partial charge in [0.1, 0.15) is 0 Å². The zero-order valence-corrected chi connectivity index (χ0v) is 10.8. The number of esters is 2. The van der Waals surface area contributed by atoms with Crippen molar-refractivity contribution in [2.45, 2.75) is 19.3 Å². The number of nitrogens with zero attached hydrogens (tertiary/aromatic N) is 2. The summed E-state index contributed by atoms with van der Waals surface area (Å²) in [7, 11) is 0. The quantitative estimate of drug-likeness (QED) is 0.544. The number of carbonyl (C=O) groups excluding carboxylic acids is 2. The number of rotatable bonds is 1. The summed E-state index contributed by atoms with van der Waals surface area (Å²) in [6, 6.07) is 1.78. The largest absolute Gasteiger partial charge is 0.422 e. The van der Waals surface area contributed by atoms with Gasteiger partial charge in [0.25, 0.3) is 0 Å². The first-order valence-corrected chi connectivity index (χ1v) is 6.45. The molecule has 0 amide bonds. The van der Waals surface area contributed by atoms with Crippen molar-refractivity contribution in [3.05, 3.63) is 23.1 Å². The topological polar surface area (TPSA) is 81.9 Å². The van der Waals surface area contributed by atoms with Gasteiger partial charge in [-0.05, 0) is 19.4 Å². The molecule has 0 saturated carbocycles. The number of hydrogen-bond donors (Lipinski definition) is 0. The Morgan fingerprint density at radius 2 is 2.15 bits per heavy atom. The predicted octanol–water partition coefficient (Wildman–Crippen LogP) is 0.456. The van der Waals surface area contributed by atoms with Crippen LogP contribution < -0.4 is 0 Å². The molecule has 0 radical (unpaired) electrons. The van der Waals surface area contributed by atoms with Crippen LogP contribution in [0, 0.1) is 12.8 Å². The van der Waals surface area contributed by atoms with Crippen molar-refractivity contribution < 1.29 is 23.6 Å². The Hall–Kier alpha value is -2.15. The lowest BCUT2D eigenvalue weighted by Crippen LogP contribution is -2.47. The number of aryl methyl sites for hydroxylation is 1. The van der Waals surface area contributed by atoms with Crippen LogP contribution in [0.25, 0.3) is 6.08 Å². The Kier molecular flexibility index (Phi) is 2.15. The molecular weight excluding hydrogens is 264 g/mol. The molecule has 0 N–H and O–H groups in total. The Bertz CT molecular complexity index is 631. The molecule has 2 bridgehead atoms. The first-order valence-electron chi connectivity index (χ1n) is 6.45. The third kappa shape index (κ3) is 1.41. The van der Waals surface area contributed by atoms with Gasteiger partial charge in [0, 0.05) is 30.6 Å². The number of aromatic nitrogens is 1. The van der Waals surface area contributed by atoms with Crippen LogP contribution in [0.3, 0.4) is 0 Å². The molecule has 2 atom stereocenters. The predicted molar refractivity (Wildman–Crippen MR) is 63.8 cm³/mol. The second-order valence-corrected chi connectivity index (χ2v) is 5.26. The molecule has 7 heteroatoms. The SMILES string of the molecule is Cc1cc(/C=C2\C3CCN(C3)C23OC(=O)C(=O)O3)on1. The summed E-state index contributed by atoms with van der Waals surface area (Å²) >= 11 is 0. The minimum atomic E-state index is -1.36. The Labute approximate surface area is 114 Å². The van der Waals surface area contributed by atoms with Gasteiger partial charge in [0.15, 0.2) is 5.76 Å². The van der Waals surface area contributed by atoms with E-state index < -0.39 is 17.8 Å². The lowest BCUT2D eigenvalue weighted by atomic mass is 9.95. The molecule has 1 spiro atoms. The number of fused-ring (bicyclic) bond motifs is 3. The Morgan fingerprint density at radius 3 is 2.80 bits per heavy atom. The number of carbonyl (C=O) groups is 2. The summed E-state index contributed by atoms with van der Waals surface area (Å²) in [5.41, 5.74) is 1.51. The zero-order chi connectivity index (χ0) is 13.9. The van der Waals surface area contributed by atoms with Gasteiger partial charge >= 0.3 is 17.8 Å². The molecule has 7 nitrogen and oxygen atoms in total. The van der Waals surface area contributed by atoms with Gasteiger partial charge < -0.3 is 14.0 Å². The van der Waals surface area contributed by atoms with E-state index in [2.05, 4.69) is 5.16 Å². The lowest BCUT2D eigenvalue weighted by molar-refractivity contribution is -0.215. The second kappa shape index (κ2) is 3.69. The first-order chi connectivity index (χ1) is 9.58. The Morgan fingerprint density at radius 1 is 1.40 bits per heavy atom. The summed E-state index contributed by atoms with van der Waals surface area (Å²) in [5, 5.41) is 3.82. The summed E-state index contributed by atoms with van der Waals surface area (Å²) in [6.07, 6.45) is 2.70. The second-order valence-electron chi connectivity index (χ2n) is 5.26. The van der Waals surface area contributed by atoms with Gasteiger partial charge in [-0.15, -0.1) is 0 Å². The van der Waals surface area contributed by atoms with Gasteiger partial charge in [-0.1, -0.05) is 5.16 Å². The summed E-state index contributed by atoms with van der Waals surface area (Å²) in [4.78, 5) is 24.7. The van der Waals surface area contributed by atoms with Crippen molar-refractivity contribution in [3.63, 3.8) is 0 Å². The first kappa shape index (κ1) is 11.7. The van der Waals surface area contributed by atoms with E-state index in [4.69, 9.17) is 14.0 Å². The van der Waals surface area contributed by atoms with E-state index >= 15 is 0 Å². The van der Waals surface area contributed by atoms with Crippen molar-refractivity contribution >= 4 is 18.0 Å². The van der Waals surface area contributed by atoms with Crippen LogP contribution in [-0.2, 0) is 19.1 Å². The van der Waals surface area contributed by atoms with Gasteiger partial charge in [-0.3, -0.25) is 0 Å². The lowest BCUT2D eigenvalue weighted by Gasteiger charge is -2.33. The molecule has 0 aliphatic carbocycles. The van der Waals surface area contributed by atoms with Crippen molar-refractivity contribution in [2.24, 2.45) is 5.92 Å². The fourth-order valence-corrected chi connectivity index (χ4v) is 3.14. The summed E-state index contributed by atoms with van der Waals surface area (Å²) in [6.45, 7) is 3.26. The molecule has 1 aromatic heterocycles. The molecule has 1 aromatic rings.